The number of fused-ring (bicyclic) bond motifs is 1. The van der Waals surface area contributed by atoms with Gasteiger partial charge in [-0.3, -0.25) is 9.69 Å². The lowest BCUT2D eigenvalue weighted by Gasteiger charge is -2.35. The number of carbonyl (C=O) groups is 1. The molecule has 1 saturated heterocycles. The first-order valence-corrected chi connectivity index (χ1v) is 13.8. The summed E-state index contributed by atoms with van der Waals surface area (Å²) >= 11 is 0. The quantitative estimate of drug-likeness (QED) is 0.301. The van der Waals surface area contributed by atoms with Crippen molar-refractivity contribution in [1.82, 2.24) is 60.0 Å². The number of hydrogen-bond donors (Lipinski definition) is 1. The Hall–Kier alpha value is -4.73. The maximum Gasteiger partial charge on any atom is 0.453 e. The van der Waals surface area contributed by atoms with Crippen molar-refractivity contribution in [2.75, 3.05) is 26.2 Å². The van der Waals surface area contributed by atoms with Crippen LogP contribution in [0, 0.1) is 20.8 Å². The van der Waals surface area contributed by atoms with Crippen molar-refractivity contribution >= 4 is 11.6 Å². The summed E-state index contributed by atoms with van der Waals surface area (Å²) in [7, 11) is 0. The van der Waals surface area contributed by atoms with Crippen molar-refractivity contribution in [3.8, 4) is 17.2 Å². The average molecular weight is 595 g/mol. The van der Waals surface area contributed by atoms with E-state index in [1.165, 1.54) is 16.3 Å². The second kappa shape index (κ2) is 11.2. The lowest BCUT2D eigenvalue weighted by Crippen LogP contribution is -2.48. The summed E-state index contributed by atoms with van der Waals surface area (Å²) in [5, 5.41) is 29.6. The first-order chi connectivity index (χ1) is 20.6. The fourth-order valence-electron chi connectivity index (χ4n) is 5.50. The predicted molar refractivity (Wildman–Crippen MR) is 147 cm³/mol. The van der Waals surface area contributed by atoms with Crippen molar-refractivity contribution in [1.29, 1.82) is 0 Å². The van der Waals surface area contributed by atoms with Gasteiger partial charge < -0.3 is 4.90 Å². The van der Waals surface area contributed by atoms with Gasteiger partial charge in [-0.05, 0) is 66.4 Å². The molecule has 6 rings (SSSR count). The Morgan fingerprint density at radius 3 is 2.49 bits per heavy atom. The van der Waals surface area contributed by atoms with Crippen LogP contribution in [0.3, 0.4) is 0 Å². The van der Waals surface area contributed by atoms with Crippen LogP contribution in [-0.2, 0) is 23.9 Å². The van der Waals surface area contributed by atoms with Gasteiger partial charge in [-0.25, -0.2) is 9.78 Å². The van der Waals surface area contributed by atoms with E-state index in [1.54, 1.807) is 6.07 Å². The zero-order valence-corrected chi connectivity index (χ0v) is 23.8. The highest BCUT2D eigenvalue weighted by Gasteiger charge is 2.38. The number of nitrogens with one attached hydrogen (secondary N) is 1. The molecule has 0 atom stereocenters. The maximum absolute atomic E-state index is 13.3. The van der Waals surface area contributed by atoms with Gasteiger partial charge in [-0.1, -0.05) is 18.2 Å². The van der Waals surface area contributed by atoms with Gasteiger partial charge in [0.15, 0.2) is 17.3 Å². The Labute approximate surface area is 243 Å². The molecule has 13 nitrogen and oxygen atoms in total. The lowest BCUT2D eigenvalue weighted by atomic mass is 10.0. The highest BCUT2D eigenvalue weighted by Crippen LogP contribution is 2.28. The summed E-state index contributed by atoms with van der Waals surface area (Å²) in [4.78, 5) is 17.4. The molecule has 5 heterocycles. The van der Waals surface area contributed by atoms with Gasteiger partial charge in [0.05, 0.1) is 5.69 Å². The van der Waals surface area contributed by atoms with Gasteiger partial charge in [0.25, 0.3) is 5.82 Å². The number of nitrogens with zero attached hydrogens (tertiary/aromatic N) is 11. The van der Waals surface area contributed by atoms with Crippen LogP contribution in [-0.4, -0.2) is 92.1 Å². The fourth-order valence-corrected chi connectivity index (χ4v) is 5.50. The van der Waals surface area contributed by atoms with Crippen molar-refractivity contribution in [3.63, 3.8) is 0 Å². The largest absolute Gasteiger partial charge is 0.453 e. The third kappa shape index (κ3) is 5.57. The van der Waals surface area contributed by atoms with E-state index in [9.17, 15) is 18.0 Å². The van der Waals surface area contributed by atoms with E-state index in [-0.39, 0.29) is 17.4 Å². The number of aromatic amines is 1. The molecule has 224 valence electrons. The topological polar surface area (TPSA) is 139 Å². The third-order valence-electron chi connectivity index (χ3n) is 7.91. The van der Waals surface area contributed by atoms with Gasteiger partial charge in [0.1, 0.15) is 0 Å². The van der Waals surface area contributed by atoms with Crippen LogP contribution >= 0.6 is 0 Å². The Kier molecular flexibility index (Phi) is 7.37. The van der Waals surface area contributed by atoms with Crippen molar-refractivity contribution < 1.29 is 18.0 Å². The molecule has 5 aromatic rings. The molecule has 1 aromatic carbocycles. The molecule has 1 aliphatic heterocycles. The molecule has 1 fully saturated rings. The molecule has 0 bridgehead atoms. The summed E-state index contributed by atoms with van der Waals surface area (Å²) in [6.45, 7) is 9.23. The van der Waals surface area contributed by atoms with Gasteiger partial charge in [0.2, 0.25) is 5.91 Å². The summed E-state index contributed by atoms with van der Waals surface area (Å²) in [5.74, 6) is -0.315. The minimum absolute atomic E-state index is 0.0174. The number of aryl methyl sites for hydroxylation is 1. The number of aromatic nitrogens is 10. The first kappa shape index (κ1) is 28.4. The predicted octanol–water partition coefficient (Wildman–Crippen LogP) is 2.71. The zero-order chi connectivity index (χ0) is 30.3. The summed E-state index contributed by atoms with van der Waals surface area (Å²) < 4.78 is 42.1. The number of halogens is 3. The molecular formula is C27H29F3N12O. The summed E-state index contributed by atoms with van der Waals surface area (Å²) in [5.41, 5.74) is 5.51. The standard InChI is InChI=1S/C27H29F3N12O/c1-16-19(5-4-6-20(16)25-32-37-38-33-25)15-39-11-13-40(14-12-39)24(43)10-7-21-17(2)35-41(18(21)3)23-9-8-22-31-34-26(27(28,29)30)42(22)36-23/h4-6,8-9H,7,10-15H2,1-3H3,(H,32,33,37,38). The molecule has 1 N–H and O–H groups in total. The van der Waals surface area contributed by atoms with E-state index in [2.05, 4.69) is 58.9 Å². The van der Waals surface area contributed by atoms with Crippen LogP contribution in [0.1, 0.15) is 40.3 Å². The average Bonchev–Trinajstić information content (AvgIpc) is 3.72. The summed E-state index contributed by atoms with van der Waals surface area (Å²) in [6, 6.07) is 9.03. The molecule has 0 unspecified atom stereocenters. The molecule has 0 saturated carbocycles. The normalized spacial score (nSPS) is 14.6. The Balaban J connectivity index is 1.07. The molecule has 1 amide bonds. The monoisotopic (exact) mass is 594 g/mol. The van der Waals surface area contributed by atoms with Gasteiger partial charge in [-0.15, -0.1) is 20.4 Å². The Bertz CT molecular complexity index is 1770. The minimum Gasteiger partial charge on any atom is -0.340 e. The van der Waals surface area contributed by atoms with Crippen molar-refractivity contribution in [3.05, 3.63) is 64.2 Å². The number of amides is 1. The lowest BCUT2D eigenvalue weighted by molar-refractivity contribution is -0.146. The molecule has 1 aliphatic rings. The molecule has 16 heteroatoms. The van der Waals surface area contributed by atoms with E-state index < -0.39 is 12.0 Å². The van der Waals surface area contributed by atoms with Crippen LogP contribution in [0.15, 0.2) is 30.3 Å². The van der Waals surface area contributed by atoms with E-state index in [0.29, 0.717) is 47.7 Å². The maximum atomic E-state index is 13.3. The van der Waals surface area contributed by atoms with Crippen molar-refractivity contribution in [2.45, 2.75) is 46.3 Å². The van der Waals surface area contributed by atoms with Crippen LogP contribution in [0.4, 0.5) is 13.2 Å². The third-order valence-corrected chi connectivity index (χ3v) is 7.91. The van der Waals surface area contributed by atoms with Crippen LogP contribution in [0.5, 0.6) is 0 Å². The number of alkyl halides is 3. The van der Waals surface area contributed by atoms with Gasteiger partial charge in [0, 0.05) is 50.4 Å². The number of piperazine rings is 1. The van der Waals surface area contributed by atoms with Gasteiger partial charge in [-0.2, -0.15) is 22.8 Å². The SMILES string of the molecule is Cc1nn(-c2ccc3nnc(C(F)(F)F)n3n2)c(C)c1CCC(=O)N1CCN(Cc2cccc(-c3nnn[nH]3)c2C)CC1. The van der Waals surface area contributed by atoms with Gasteiger partial charge >= 0.3 is 6.18 Å². The number of tetrazole rings is 1. The van der Waals surface area contributed by atoms with E-state index in [0.717, 1.165) is 36.3 Å². The smallest absolute Gasteiger partial charge is 0.340 e. The number of rotatable bonds is 7. The molecule has 0 aliphatic carbocycles. The number of carbonyl (C=O) groups excluding carboxylic acids is 1. The van der Waals surface area contributed by atoms with E-state index in [1.807, 2.05) is 30.9 Å². The molecule has 0 spiro atoms. The number of H-pyrrole nitrogens is 1. The van der Waals surface area contributed by atoms with Crippen LogP contribution < -0.4 is 0 Å². The number of hydrogen-bond acceptors (Lipinski definition) is 9. The van der Waals surface area contributed by atoms with Crippen molar-refractivity contribution in [2.24, 2.45) is 0 Å². The fraction of sp³-hybridized carbons (Fsp3) is 0.407. The molecule has 0 radical (unpaired) electrons. The highest BCUT2D eigenvalue weighted by atomic mass is 19.4. The Morgan fingerprint density at radius 1 is 0.977 bits per heavy atom. The molecule has 4 aromatic heterocycles. The van der Waals surface area contributed by atoms with Crippen LogP contribution in [0.2, 0.25) is 0 Å². The minimum atomic E-state index is -4.70. The highest BCUT2D eigenvalue weighted by molar-refractivity contribution is 5.76. The first-order valence-electron chi connectivity index (χ1n) is 13.8. The summed E-state index contributed by atoms with van der Waals surface area (Å²) in [6.07, 6.45) is -3.94. The second-order valence-electron chi connectivity index (χ2n) is 10.5. The zero-order valence-electron chi connectivity index (χ0n) is 23.8. The molecule has 43 heavy (non-hydrogen) atoms. The Morgan fingerprint density at radius 2 is 1.77 bits per heavy atom. The second-order valence-corrected chi connectivity index (χ2v) is 10.5. The van der Waals surface area contributed by atoms with Crippen LogP contribution in [0.25, 0.3) is 22.9 Å². The van der Waals surface area contributed by atoms with E-state index in [4.69, 9.17) is 0 Å². The van der Waals surface area contributed by atoms with E-state index >= 15 is 0 Å². The molecular weight excluding hydrogens is 565 g/mol. The number of benzene rings is 1.